The first-order chi connectivity index (χ1) is 13.8. The van der Waals surface area contributed by atoms with Crippen LogP contribution in [0.15, 0.2) is 82.6 Å². The zero-order chi connectivity index (χ0) is 20.6. The van der Waals surface area contributed by atoms with Crippen molar-refractivity contribution in [2.45, 2.75) is 32.1 Å². The number of fused-ring (bicyclic) bond motifs is 1. The summed E-state index contributed by atoms with van der Waals surface area (Å²) in [5.41, 5.74) is 4.28. The fourth-order valence-corrected chi connectivity index (χ4v) is 4.14. The number of halogens is 4. The molecule has 0 saturated heterocycles. The summed E-state index contributed by atoms with van der Waals surface area (Å²) in [5, 5.41) is 3.37. The molecule has 0 fully saturated rings. The summed E-state index contributed by atoms with van der Waals surface area (Å²) in [7, 11) is 0. The van der Waals surface area contributed by atoms with Crippen LogP contribution in [0.5, 0.6) is 0 Å². The molecule has 2 aliphatic rings. The molecule has 2 nitrogen and oxygen atoms in total. The topological polar surface area (TPSA) is 15.3 Å². The number of dihydropyridines is 1. The number of hydrogen-bond acceptors (Lipinski definition) is 2. The maximum absolute atomic E-state index is 13.1. The van der Waals surface area contributed by atoms with E-state index in [1.54, 1.807) is 12.1 Å². The molecule has 1 unspecified atom stereocenters. The molecule has 1 atom stereocenters. The van der Waals surface area contributed by atoms with Gasteiger partial charge in [0.05, 0.1) is 21.6 Å². The molecule has 0 aliphatic carbocycles. The van der Waals surface area contributed by atoms with E-state index in [9.17, 15) is 13.2 Å². The Morgan fingerprint density at radius 3 is 2.38 bits per heavy atom. The summed E-state index contributed by atoms with van der Waals surface area (Å²) >= 11 is 3.49. The molecule has 0 radical (unpaired) electrons. The fraction of sp³-hybridized carbons (Fsp3) is 0.217. The Hall–Kier alpha value is -2.47. The van der Waals surface area contributed by atoms with E-state index < -0.39 is 11.7 Å². The van der Waals surface area contributed by atoms with Gasteiger partial charge in [0, 0.05) is 12.6 Å². The van der Waals surface area contributed by atoms with Gasteiger partial charge in [-0.05, 0) is 64.2 Å². The van der Waals surface area contributed by atoms with Crippen LogP contribution in [-0.4, -0.2) is 10.9 Å². The number of rotatable bonds is 3. The van der Waals surface area contributed by atoms with Gasteiger partial charge in [0.15, 0.2) is 0 Å². The summed E-state index contributed by atoms with van der Waals surface area (Å²) in [6, 6.07) is 15.7. The smallest absolute Gasteiger partial charge is 0.362 e. The van der Waals surface area contributed by atoms with E-state index in [1.165, 1.54) is 0 Å². The van der Waals surface area contributed by atoms with Gasteiger partial charge < -0.3 is 10.2 Å². The SMILES string of the molecule is CC1CC2=CC=C(Br)NC2=C(c2ccc(C(F)(F)F)cc2)N1Cc1ccccc1. The first-order valence-electron chi connectivity index (χ1n) is 9.39. The number of hydrogen-bond donors (Lipinski definition) is 1. The second-order valence-electron chi connectivity index (χ2n) is 7.30. The molecule has 0 amide bonds. The highest BCUT2D eigenvalue weighted by Gasteiger charge is 2.33. The van der Waals surface area contributed by atoms with E-state index in [-0.39, 0.29) is 6.04 Å². The lowest BCUT2D eigenvalue weighted by Crippen LogP contribution is -2.39. The summed E-state index contributed by atoms with van der Waals surface area (Å²) < 4.78 is 40.0. The van der Waals surface area contributed by atoms with Crippen LogP contribution >= 0.6 is 15.9 Å². The molecule has 2 aromatic carbocycles. The molecule has 0 aromatic heterocycles. The van der Waals surface area contributed by atoms with E-state index in [0.717, 1.165) is 51.3 Å². The predicted molar refractivity (Wildman–Crippen MR) is 113 cm³/mol. The molecule has 6 heteroatoms. The lowest BCUT2D eigenvalue weighted by molar-refractivity contribution is -0.137. The standard InChI is InChI=1S/C23H20BrF3N2/c1-15-13-18-9-12-20(24)28-21(18)22(29(15)14-16-5-3-2-4-6-16)17-7-10-19(11-8-17)23(25,26)27/h2-12,15,28H,13-14H2,1H3. The van der Waals surface area contributed by atoms with E-state index in [1.807, 2.05) is 24.3 Å². The number of benzene rings is 2. The highest BCUT2D eigenvalue weighted by molar-refractivity contribution is 9.11. The normalized spacial score (nSPS) is 19.3. The van der Waals surface area contributed by atoms with Gasteiger partial charge in [-0.1, -0.05) is 48.5 Å². The number of nitrogens with one attached hydrogen (secondary N) is 1. The molecule has 2 aromatic rings. The van der Waals surface area contributed by atoms with Crippen molar-refractivity contribution in [3.05, 3.63) is 99.3 Å². The predicted octanol–water partition coefficient (Wildman–Crippen LogP) is 6.43. The summed E-state index contributed by atoms with van der Waals surface area (Å²) in [6.45, 7) is 2.83. The van der Waals surface area contributed by atoms with Crippen molar-refractivity contribution in [3.8, 4) is 0 Å². The largest absolute Gasteiger partial charge is 0.416 e. The molecule has 150 valence electrons. The minimum atomic E-state index is -4.35. The van der Waals surface area contributed by atoms with Crippen LogP contribution in [0, 0.1) is 0 Å². The number of alkyl halides is 3. The molecule has 0 saturated carbocycles. The molecule has 4 rings (SSSR count). The Kier molecular flexibility index (Phi) is 5.30. The highest BCUT2D eigenvalue weighted by atomic mass is 79.9. The first kappa shape index (κ1) is 19.8. The molecular weight excluding hydrogens is 441 g/mol. The van der Waals surface area contributed by atoms with Crippen molar-refractivity contribution < 1.29 is 13.2 Å². The zero-order valence-electron chi connectivity index (χ0n) is 15.8. The molecule has 1 N–H and O–H groups in total. The third-order valence-corrected chi connectivity index (χ3v) is 5.71. The van der Waals surface area contributed by atoms with Crippen molar-refractivity contribution in [1.82, 2.24) is 10.2 Å². The Morgan fingerprint density at radius 1 is 1.03 bits per heavy atom. The van der Waals surface area contributed by atoms with Crippen LogP contribution in [-0.2, 0) is 12.7 Å². The minimum Gasteiger partial charge on any atom is -0.362 e. The van der Waals surface area contributed by atoms with E-state index in [0.29, 0.717) is 6.54 Å². The average Bonchev–Trinajstić information content (AvgIpc) is 2.69. The van der Waals surface area contributed by atoms with Crippen molar-refractivity contribution in [2.75, 3.05) is 0 Å². The van der Waals surface area contributed by atoms with Gasteiger partial charge in [0.1, 0.15) is 0 Å². The molecule has 2 aliphatic heterocycles. The Bertz CT molecular complexity index is 989. The van der Waals surface area contributed by atoms with Crippen molar-refractivity contribution in [3.63, 3.8) is 0 Å². The van der Waals surface area contributed by atoms with Crippen LogP contribution in [0.2, 0.25) is 0 Å². The molecule has 2 heterocycles. The Labute approximate surface area is 176 Å². The second-order valence-corrected chi connectivity index (χ2v) is 8.15. The Balaban J connectivity index is 1.81. The van der Waals surface area contributed by atoms with Crippen molar-refractivity contribution >= 4 is 21.6 Å². The van der Waals surface area contributed by atoms with E-state index in [2.05, 4.69) is 51.3 Å². The fourth-order valence-electron chi connectivity index (χ4n) is 3.81. The lowest BCUT2D eigenvalue weighted by Gasteiger charge is -2.41. The summed E-state index contributed by atoms with van der Waals surface area (Å²) in [4.78, 5) is 2.27. The molecule has 0 spiro atoms. The second kappa shape index (κ2) is 7.75. The van der Waals surface area contributed by atoms with Gasteiger partial charge in [-0.3, -0.25) is 0 Å². The Morgan fingerprint density at radius 2 is 1.72 bits per heavy atom. The highest BCUT2D eigenvalue weighted by Crippen LogP contribution is 2.40. The third-order valence-electron chi connectivity index (χ3n) is 5.25. The zero-order valence-corrected chi connectivity index (χ0v) is 17.4. The molecular formula is C23H20BrF3N2. The molecule has 0 bridgehead atoms. The van der Waals surface area contributed by atoms with Gasteiger partial charge in [-0.2, -0.15) is 13.2 Å². The van der Waals surface area contributed by atoms with Crippen molar-refractivity contribution in [2.24, 2.45) is 0 Å². The van der Waals surface area contributed by atoms with Gasteiger partial charge in [-0.15, -0.1) is 0 Å². The summed E-state index contributed by atoms with van der Waals surface area (Å²) in [6.07, 6.45) is 0.537. The number of allylic oxidation sites excluding steroid dienone is 3. The maximum Gasteiger partial charge on any atom is 0.416 e. The third kappa shape index (κ3) is 4.13. The van der Waals surface area contributed by atoms with Gasteiger partial charge in [0.25, 0.3) is 0 Å². The van der Waals surface area contributed by atoms with Crippen LogP contribution in [0.4, 0.5) is 13.2 Å². The molecule has 29 heavy (non-hydrogen) atoms. The van der Waals surface area contributed by atoms with Crippen LogP contribution in [0.3, 0.4) is 0 Å². The van der Waals surface area contributed by atoms with Crippen LogP contribution in [0.25, 0.3) is 5.70 Å². The van der Waals surface area contributed by atoms with E-state index >= 15 is 0 Å². The number of nitrogens with zero attached hydrogens (tertiary/aromatic N) is 1. The average molecular weight is 461 g/mol. The lowest BCUT2D eigenvalue weighted by atomic mass is 9.90. The maximum atomic E-state index is 13.1. The summed E-state index contributed by atoms with van der Waals surface area (Å²) in [5.74, 6) is 0. The quantitative estimate of drug-likeness (QED) is 0.530. The van der Waals surface area contributed by atoms with Crippen LogP contribution in [0.1, 0.15) is 30.0 Å². The van der Waals surface area contributed by atoms with Gasteiger partial charge >= 0.3 is 6.18 Å². The van der Waals surface area contributed by atoms with Gasteiger partial charge in [0.2, 0.25) is 0 Å². The van der Waals surface area contributed by atoms with Crippen LogP contribution < -0.4 is 5.32 Å². The van der Waals surface area contributed by atoms with Gasteiger partial charge in [-0.25, -0.2) is 0 Å². The van der Waals surface area contributed by atoms with Crippen molar-refractivity contribution in [1.29, 1.82) is 0 Å². The minimum absolute atomic E-state index is 0.203. The first-order valence-corrected chi connectivity index (χ1v) is 10.2. The monoisotopic (exact) mass is 460 g/mol. The van der Waals surface area contributed by atoms with E-state index in [4.69, 9.17) is 0 Å².